The summed E-state index contributed by atoms with van der Waals surface area (Å²) in [5.74, 6) is 0.0575. The Labute approximate surface area is 111 Å². The lowest BCUT2D eigenvalue weighted by Gasteiger charge is -2.22. The van der Waals surface area contributed by atoms with E-state index in [1.807, 2.05) is 38.2 Å². The second-order valence-electron chi connectivity index (χ2n) is 4.17. The minimum Gasteiger partial charge on any atom is -0.341 e. The van der Waals surface area contributed by atoms with Crippen molar-refractivity contribution in [3.05, 3.63) is 34.3 Å². The van der Waals surface area contributed by atoms with Gasteiger partial charge in [-0.25, -0.2) is 0 Å². The van der Waals surface area contributed by atoms with Crippen LogP contribution in [-0.2, 0) is 11.3 Å². The standard InChI is InChI=1S/C13H19BrN2O/c1-3-11(8-15)13(17)16(2)9-10-5-4-6-12(14)7-10/h4-7,11H,3,8-9,15H2,1-2H3. The van der Waals surface area contributed by atoms with E-state index in [0.717, 1.165) is 16.5 Å². The molecule has 94 valence electrons. The van der Waals surface area contributed by atoms with Crippen molar-refractivity contribution in [3.8, 4) is 0 Å². The first kappa shape index (κ1) is 14.2. The molecular formula is C13H19BrN2O. The molecule has 0 aliphatic rings. The van der Waals surface area contributed by atoms with Gasteiger partial charge in [-0.1, -0.05) is 35.0 Å². The van der Waals surface area contributed by atoms with E-state index in [1.54, 1.807) is 4.90 Å². The number of hydrogen-bond donors (Lipinski definition) is 1. The summed E-state index contributed by atoms with van der Waals surface area (Å²) in [6, 6.07) is 7.98. The largest absolute Gasteiger partial charge is 0.341 e. The van der Waals surface area contributed by atoms with Crippen LogP contribution in [0.15, 0.2) is 28.7 Å². The molecule has 0 saturated carbocycles. The van der Waals surface area contributed by atoms with Crippen molar-refractivity contribution >= 4 is 21.8 Å². The van der Waals surface area contributed by atoms with E-state index in [4.69, 9.17) is 5.73 Å². The fourth-order valence-corrected chi connectivity index (χ4v) is 2.19. The Bertz CT molecular complexity index is 377. The predicted octanol–water partition coefficient (Wildman–Crippen LogP) is 2.39. The zero-order valence-electron chi connectivity index (χ0n) is 10.3. The summed E-state index contributed by atoms with van der Waals surface area (Å²) in [6.07, 6.45) is 0.790. The maximum atomic E-state index is 12.0. The molecule has 0 fully saturated rings. The van der Waals surface area contributed by atoms with Crippen LogP contribution in [0.3, 0.4) is 0 Å². The minimum atomic E-state index is -0.0628. The molecule has 0 aromatic heterocycles. The summed E-state index contributed by atoms with van der Waals surface area (Å²) in [5, 5.41) is 0. The molecule has 0 aliphatic heterocycles. The Morgan fingerprint density at radius 1 is 1.53 bits per heavy atom. The number of carbonyl (C=O) groups excluding carboxylic acids is 1. The first-order valence-electron chi connectivity index (χ1n) is 5.78. The van der Waals surface area contributed by atoms with Crippen molar-refractivity contribution in [3.63, 3.8) is 0 Å². The molecule has 4 heteroatoms. The van der Waals surface area contributed by atoms with Crippen molar-refractivity contribution in [1.82, 2.24) is 4.90 Å². The van der Waals surface area contributed by atoms with E-state index in [2.05, 4.69) is 15.9 Å². The lowest BCUT2D eigenvalue weighted by Crippen LogP contribution is -2.35. The minimum absolute atomic E-state index is 0.0628. The third-order valence-corrected chi connectivity index (χ3v) is 3.30. The van der Waals surface area contributed by atoms with E-state index in [-0.39, 0.29) is 11.8 Å². The molecule has 0 heterocycles. The van der Waals surface area contributed by atoms with E-state index in [0.29, 0.717) is 13.1 Å². The van der Waals surface area contributed by atoms with Gasteiger partial charge in [0.05, 0.1) is 5.92 Å². The number of carbonyl (C=O) groups is 1. The van der Waals surface area contributed by atoms with Gasteiger partial charge in [-0.05, 0) is 24.1 Å². The zero-order chi connectivity index (χ0) is 12.8. The third kappa shape index (κ3) is 4.13. The molecule has 0 aliphatic carbocycles. The fraction of sp³-hybridized carbons (Fsp3) is 0.462. The van der Waals surface area contributed by atoms with E-state index >= 15 is 0 Å². The monoisotopic (exact) mass is 298 g/mol. The quantitative estimate of drug-likeness (QED) is 0.907. The number of rotatable bonds is 5. The third-order valence-electron chi connectivity index (χ3n) is 2.81. The Kier molecular flexibility index (Phi) is 5.65. The maximum Gasteiger partial charge on any atom is 0.226 e. The van der Waals surface area contributed by atoms with Crippen molar-refractivity contribution in [2.24, 2.45) is 11.7 Å². The van der Waals surface area contributed by atoms with Gasteiger partial charge in [0.2, 0.25) is 5.91 Å². The summed E-state index contributed by atoms with van der Waals surface area (Å²) in [4.78, 5) is 13.8. The number of benzene rings is 1. The smallest absolute Gasteiger partial charge is 0.226 e. The van der Waals surface area contributed by atoms with Crippen LogP contribution >= 0.6 is 15.9 Å². The van der Waals surface area contributed by atoms with Crippen LogP contribution < -0.4 is 5.73 Å². The maximum absolute atomic E-state index is 12.0. The molecule has 1 unspecified atom stereocenters. The molecule has 1 aromatic rings. The fourth-order valence-electron chi connectivity index (χ4n) is 1.74. The van der Waals surface area contributed by atoms with Gasteiger partial charge in [-0.2, -0.15) is 0 Å². The average Bonchev–Trinajstić information content (AvgIpc) is 2.30. The first-order chi connectivity index (χ1) is 8.08. The number of nitrogens with zero attached hydrogens (tertiary/aromatic N) is 1. The lowest BCUT2D eigenvalue weighted by atomic mass is 10.1. The number of halogens is 1. The molecule has 17 heavy (non-hydrogen) atoms. The summed E-state index contributed by atoms with van der Waals surface area (Å²) in [7, 11) is 1.82. The van der Waals surface area contributed by atoms with Crippen molar-refractivity contribution < 1.29 is 4.79 Å². The molecular weight excluding hydrogens is 280 g/mol. The second kappa shape index (κ2) is 6.77. The van der Waals surface area contributed by atoms with Crippen LogP contribution in [0.4, 0.5) is 0 Å². The van der Waals surface area contributed by atoms with Crippen LogP contribution in [0.25, 0.3) is 0 Å². The Hall–Kier alpha value is -0.870. The molecule has 1 atom stereocenters. The number of hydrogen-bond acceptors (Lipinski definition) is 2. The van der Waals surface area contributed by atoms with Crippen LogP contribution in [0, 0.1) is 5.92 Å². The van der Waals surface area contributed by atoms with Gasteiger partial charge in [-0.3, -0.25) is 4.79 Å². The van der Waals surface area contributed by atoms with Gasteiger partial charge in [0, 0.05) is 24.6 Å². The number of nitrogens with two attached hydrogens (primary N) is 1. The highest BCUT2D eigenvalue weighted by Gasteiger charge is 2.18. The highest BCUT2D eigenvalue weighted by molar-refractivity contribution is 9.10. The normalized spacial score (nSPS) is 12.2. The summed E-state index contributed by atoms with van der Waals surface area (Å²) in [6.45, 7) is 3.02. The van der Waals surface area contributed by atoms with Gasteiger partial charge in [0.15, 0.2) is 0 Å². The second-order valence-corrected chi connectivity index (χ2v) is 5.08. The predicted molar refractivity (Wildman–Crippen MR) is 73.5 cm³/mol. The van der Waals surface area contributed by atoms with Crippen LogP contribution in [0.5, 0.6) is 0 Å². The summed E-state index contributed by atoms with van der Waals surface area (Å²) in [5.41, 5.74) is 6.70. The lowest BCUT2D eigenvalue weighted by molar-refractivity contribution is -0.134. The molecule has 0 saturated heterocycles. The Morgan fingerprint density at radius 2 is 2.24 bits per heavy atom. The van der Waals surface area contributed by atoms with E-state index < -0.39 is 0 Å². The highest BCUT2D eigenvalue weighted by atomic mass is 79.9. The summed E-state index contributed by atoms with van der Waals surface area (Å²) >= 11 is 3.42. The SMILES string of the molecule is CCC(CN)C(=O)N(C)Cc1cccc(Br)c1. The molecule has 3 nitrogen and oxygen atoms in total. The first-order valence-corrected chi connectivity index (χ1v) is 6.57. The van der Waals surface area contributed by atoms with Crippen molar-refractivity contribution in [2.75, 3.05) is 13.6 Å². The zero-order valence-corrected chi connectivity index (χ0v) is 11.9. The topological polar surface area (TPSA) is 46.3 Å². The molecule has 2 N–H and O–H groups in total. The van der Waals surface area contributed by atoms with Gasteiger partial charge >= 0.3 is 0 Å². The van der Waals surface area contributed by atoms with Gasteiger partial charge in [0.1, 0.15) is 0 Å². The van der Waals surface area contributed by atoms with Crippen LogP contribution in [0.2, 0.25) is 0 Å². The average molecular weight is 299 g/mol. The van der Waals surface area contributed by atoms with E-state index in [9.17, 15) is 4.79 Å². The molecule has 1 rings (SSSR count). The summed E-state index contributed by atoms with van der Waals surface area (Å²) < 4.78 is 1.03. The molecule has 0 bridgehead atoms. The van der Waals surface area contributed by atoms with Gasteiger partial charge in [-0.15, -0.1) is 0 Å². The van der Waals surface area contributed by atoms with Crippen LogP contribution in [0.1, 0.15) is 18.9 Å². The van der Waals surface area contributed by atoms with E-state index in [1.165, 1.54) is 0 Å². The van der Waals surface area contributed by atoms with Crippen molar-refractivity contribution in [1.29, 1.82) is 0 Å². The molecule has 1 aromatic carbocycles. The van der Waals surface area contributed by atoms with Crippen LogP contribution in [-0.4, -0.2) is 24.4 Å². The van der Waals surface area contributed by atoms with Crippen molar-refractivity contribution in [2.45, 2.75) is 19.9 Å². The Morgan fingerprint density at radius 3 is 2.76 bits per heavy atom. The van der Waals surface area contributed by atoms with Gasteiger partial charge < -0.3 is 10.6 Å². The number of amides is 1. The Balaban J connectivity index is 2.65. The van der Waals surface area contributed by atoms with Gasteiger partial charge in [0.25, 0.3) is 0 Å². The highest BCUT2D eigenvalue weighted by Crippen LogP contribution is 2.14. The molecule has 0 radical (unpaired) electrons. The molecule has 1 amide bonds. The molecule has 0 spiro atoms.